The summed E-state index contributed by atoms with van der Waals surface area (Å²) in [5.74, 6) is 0. The zero-order valence-corrected chi connectivity index (χ0v) is 11.0. The predicted molar refractivity (Wildman–Crippen MR) is 58.3 cm³/mol. The molecule has 0 N–H and O–H groups in total. The number of rotatable bonds is 0. The predicted octanol–water partition coefficient (Wildman–Crippen LogP) is 0.00939. The van der Waals surface area contributed by atoms with Gasteiger partial charge in [0, 0.05) is 11.0 Å². The van der Waals surface area contributed by atoms with Gasteiger partial charge in [0.25, 0.3) is 0 Å². The third-order valence-electron chi connectivity index (χ3n) is 2.22. The maximum Gasteiger partial charge on any atom is 2.00 e. The van der Waals surface area contributed by atoms with Gasteiger partial charge in [0.2, 0.25) is 0 Å². The Bertz CT molecular complexity index is 523. The Morgan fingerprint density at radius 1 is 0.933 bits per heavy atom. The zero-order valence-electron chi connectivity index (χ0n) is 8.03. The molecule has 0 spiro atoms. The van der Waals surface area contributed by atoms with Crippen LogP contribution in [-0.4, -0.2) is 23.1 Å². The van der Waals surface area contributed by atoms with Crippen LogP contribution in [0.25, 0.3) is 21.9 Å². The van der Waals surface area contributed by atoms with E-state index in [1.807, 2.05) is 36.4 Å². The van der Waals surface area contributed by atoms with E-state index < -0.39 is 0 Å². The molecule has 3 heteroatoms. The van der Waals surface area contributed by atoms with Gasteiger partial charge in [0.1, 0.15) is 5.58 Å². The summed E-state index contributed by atoms with van der Waals surface area (Å²) < 4.78 is 5.62. The SMILES string of the molecule is [Br-].[Mg+2].[c-]1ccc2c(c1)oc1ccccc12. The minimum absolute atomic E-state index is 0. The van der Waals surface area contributed by atoms with Gasteiger partial charge in [-0.25, -0.2) is 0 Å². The van der Waals surface area contributed by atoms with Gasteiger partial charge in [-0.3, -0.25) is 0 Å². The van der Waals surface area contributed by atoms with Gasteiger partial charge in [-0.05, 0) is 6.07 Å². The van der Waals surface area contributed by atoms with Gasteiger partial charge in [-0.2, -0.15) is 18.2 Å². The smallest absolute Gasteiger partial charge is 1.00 e. The van der Waals surface area contributed by atoms with Crippen molar-refractivity contribution >= 4 is 45.0 Å². The van der Waals surface area contributed by atoms with Crippen molar-refractivity contribution in [3.8, 4) is 0 Å². The molecule has 3 aromatic rings. The van der Waals surface area contributed by atoms with Crippen LogP contribution in [0.15, 0.2) is 46.9 Å². The van der Waals surface area contributed by atoms with Crippen molar-refractivity contribution in [3.63, 3.8) is 0 Å². The zero-order chi connectivity index (χ0) is 8.67. The molecule has 0 aliphatic carbocycles. The standard InChI is InChI=1S/C12H7O.BrH.Mg/c1-3-7-11-9(5-1)10-6-2-4-8-12(10)13-11;;/h1-3,5-8H;1H;/q-1;;+2/p-1. The average molecular weight is 271 g/mol. The summed E-state index contributed by atoms with van der Waals surface area (Å²) in [4.78, 5) is 0. The van der Waals surface area contributed by atoms with Crippen LogP contribution in [0.2, 0.25) is 0 Å². The summed E-state index contributed by atoms with van der Waals surface area (Å²) in [6.07, 6.45) is 0. The van der Waals surface area contributed by atoms with Crippen LogP contribution in [0.1, 0.15) is 0 Å². The average Bonchev–Trinajstić information content (AvgIpc) is 2.56. The molecule has 15 heavy (non-hydrogen) atoms. The van der Waals surface area contributed by atoms with Crippen LogP contribution >= 0.6 is 0 Å². The van der Waals surface area contributed by atoms with Crippen LogP contribution in [0.3, 0.4) is 0 Å². The summed E-state index contributed by atoms with van der Waals surface area (Å²) in [7, 11) is 0. The summed E-state index contributed by atoms with van der Waals surface area (Å²) in [6.45, 7) is 0. The van der Waals surface area contributed by atoms with Gasteiger partial charge in [-0.1, -0.05) is 23.6 Å². The first-order valence-electron chi connectivity index (χ1n) is 4.22. The maximum absolute atomic E-state index is 5.62. The monoisotopic (exact) mass is 270 g/mol. The second-order valence-corrected chi connectivity index (χ2v) is 3.02. The van der Waals surface area contributed by atoms with Crippen molar-refractivity contribution in [3.05, 3.63) is 48.5 Å². The Kier molecular flexibility index (Phi) is 4.19. The van der Waals surface area contributed by atoms with E-state index in [-0.39, 0.29) is 40.0 Å². The van der Waals surface area contributed by atoms with Crippen molar-refractivity contribution < 1.29 is 21.4 Å². The van der Waals surface area contributed by atoms with Crippen LogP contribution in [-0.2, 0) is 0 Å². The minimum atomic E-state index is 0. The van der Waals surface area contributed by atoms with E-state index in [0.717, 1.165) is 16.6 Å². The van der Waals surface area contributed by atoms with E-state index in [9.17, 15) is 0 Å². The Labute approximate surface area is 114 Å². The molecule has 1 aromatic heterocycles. The molecule has 0 fully saturated rings. The fraction of sp³-hybridized carbons (Fsp3) is 0. The van der Waals surface area contributed by atoms with Crippen LogP contribution < -0.4 is 17.0 Å². The third-order valence-corrected chi connectivity index (χ3v) is 2.22. The summed E-state index contributed by atoms with van der Waals surface area (Å²) in [5, 5.41) is 2.33. The minimum Gasteiger partial charge on any atom is -1.00 e. The van der Waals surface area contributed by atoms with Gasteiger partial charge >= 0.3 is 23.1 Å². The van der Waals surface area contributed by atoms with Crippen molar-refractivity contribution in [1.29, 1.82) is 0 Å². The summed E-state index contributed by atoms with van der Waals surface area (Å²) in [6, 6.07) is 16.9. The molecule has 0 amide bonds. The number of fused-ring (bicyclic) bond motifs is 3. The largest absolute Gasteiger partial charge is 2.00 e. The Morgan fingerprint density at radius 2 is 1.67 bits per heavy atom. The molecule has 0 saturated heterocycles. The maximum atomic E-state index is 5.62. The molecule has 3 rings (SSSR count). The molecule has 0 saturated carbocycles. The number of halogens is 1. The molecular formula is C12H7BrMgO. The Hall–Kier alpha value is -0.514. The number of furan rings is 1. The molecule has 0 radical (unpaired) electrons. The van der Waals surface area contributed by atoms with Crippen molar-refractivity contribution in [1.82, 2.24) is 0 Å². The van der Waals surface area contributed by atoms with Gasteiger partial charge in [-0.15, -0.1) is 6.07 Å². The van der Waals surface area contributed by atoms with Crippen LogP contribution in [0.4, 0.5) is 0 Å². The van der Waals surface area contributed by atoms with Gasteiger partial charge in [0.05, 0.1) is 0 Å². The molecule has 0 atom stereocenters. The van der Waals surface area contributed by atoms with E-state index >= 15 is 0 Å². The fourth-order valence-electron chi connectivity index (χ4n) is 1.62. The first-order chi connectivity index (χ1) is 6.45. The topological polar surface area (TPSA) is 13.1 Å². The first kappa shape index (κ1) is 12.6. The molecular weight excluding hydrogens is 264 g/mol. The molecule has 0 aliphatic rings. The second kappa shape index (κ2) is 5.01. The van der Waals surface area contributed by atoms with Gasteiger partial charge < -0.3 is 21.4 Å². The summed E-state index contributed by atoms with van der Waals surface area (Å²) >= 11 is 0. The second-order valence-electron chi connectivity index (χ2n) is 3.02. The first-order valence-corrected chi connectivity index (χ1v) is 4.22. The Morgan fingerprint density at radius 3 is 2.53 bits per heavy atom. The van der Waals surface area contributed by atoms with Gasteiger partial charge in [0.15, 0.2) is 0 Å². The normalized spacial score (nSPS) is 9.60. The fourth-order valence-corrected chi connectivity index (χ4v) is 1.62. The van der Waals surface area contributed by atoms with E-state index in [0.29, 0.717) is 0 Å². The van der Waals surface area contributed by atoms with Crippen LogP contribution in [0, 0.1) is 6.07 Å². The van der Waals surface area contributed by atoms with Crippen LogP contribution in [0.5, 0.6) is 0 Å². The summed E-state index contributed by atoms with van der Waals surface area (Å²) in [5.41, 5.74) is 1.85. The number of para-hydroxylation sites is 1. The Balaban J connectivity index is 0.000000562. The molecule has 0 bridgehead atoms. The van der Waals surface area contributed by atoms with Crippen molar-refractivity contribution in [2.45, 2.75) is 0 Å². The number of benzene rings is 2. The molecule has 1 heterocycles. The number of hydrogen-bond acceptors (Lipinski definition) is 1. The third kappa shape index (κ3) is 2.05. The molecule has 0 unspecified atom stereocenters. The van der Waals surface area contributed by atoms with E-state index in [2.05, 4.69) is 12.1 Å². The van der Waals surface area contributed by atoms with Crippen molar-refractivity contribution in [2.24, 2.45) is 0 Å². The van der Waals surface area contributed by atoms with E-state index in [1.54, 1.807) is 0 Å². The quantitative estimate of drug-likeness (QED) is 0.415. The molecule has 2 aromatic carbocycles. The molecule has 0 aliphatic heterocycles. The number of hydrogen-bond donors (Lipinski definition) is 0. The molecule has 1 nitrogen and oxygen atoms in total. The van der Waals surface area contributed by atoms with Crippen molar-refractivity contribution in [2.75, 3.05) is 0 Å². The van der Waals surface area contributed by atoms with E-state index in [4.69, 9.17) is 4.42 Å². The van der Waals surface area contributed by atoms with E-state index in [1.165, 1.54) is 5.39 Å². The molecule has 70 valence electrons.